The van der Waals surface area contributed by atoms with Crippen LogP contribution < -0.4 is 10.6 Å². The predicted octanol–water partition coefficient (Wildman–Crippen LogP) is 1.66. The Labute approximate surface area is 124 Å². The van der Waals surface area contributed by atoms with Crippen molar-refractivity contribution in [1.82, 2.24) is 5.32 Å². The lowest BCUT2D eigenvalue weighted by Crippen LogP contribution is -2.48. The van der Waals surface area contributed by atoms with Crippen LogP contribution in [0.5, 0.6) is 0 Å². The molecule has 114 valence electrons. The molecular weight excluding hydrogens is 268 g/mol. The average molecular weight is 290 g/mol. The summed E-state index contributed by atoms with van der Waals surface area (Å²) in [6.07, 6.45) is 2.74. The Balaban J connectivity index is 1.93. The highest BCUT2D eigenvalue weighted by molar-refractivity contribution is 6.39. The number of nitrogens with one attached hydrogen (secondary N) is 2. The van der Waals surface area contributed by atoms with Crippen LogP contribution in [0.15, 0.2) is 18.2 Å². The third-order valence-corrected chi connectivity index (χ3v) is 4.02. The normalized spacial score (nSPS) is 21.7. The van der Waals surface area contributed by atoms with Gasteiger partial charge in [-0.2, -0.15) is 0 Å². The molecule has 1 aliphatic carbocycles. The minimum Gasteiger partial charge on any atom is -0.391 e. The lowest BCUT2D eigenvalue weighted by atomic mass is 9.92. The van der Waals surface area contributed by atoms with Gasteiger partial charge in [0.2, 0.25) is 0 Å². The highest BCUT2D eigenvalue weighted by Gasteiger charge is 2.26. The van der Waals surface area contributed by atoms with E-state index in [1.54, 1.807) is 6.07 Å². The van der Waals surface area contributed by atoms with Gasteiger partial charge >= 0.3 is 11.8 Å². The smallest absolute Gasteiger partial charge is 0.313 e. The molecule has 5 heteroatoms. The molecule has 3 N–H and O–H groups in total. The maximum atomic E-state index is 11.9. The van der Waals surface area contributed by atoms with Gasteiger partial charge in [-0.25, -0.2) is 0 Å². The van der Waals surface area contributed by atoms with Crippen molar-refractivity contribution in [2.75, 3.05) is 5.32 Å². The summed E-state index contributed by atoms with van der Waals surface area (Å²) in [5.74, 6) is -1.39. The maximum absolute atomic E-state index is 11.9. The van der Waals surface area contributed by atoms with Gasteiger partial charge in [0, 0.05) is 5.69 Å². The number of amides is 2. The summed E-state index contributed by atoms with van der Waals surface area (Å²) in [5, 5.41) is 15.0. The van der Waals surface area contributed by atoms with Crippen LogP contribution in [0.2, 0.25) is 0 Å². The van der Waals surface area contributed by atoms with Crippen LogP contribution in [0.4, 0.5) is 5.69 Å². The summed E-state index contributed by atoms with van der Waals surface area (Å²) in [5.41, 5.74) is 2.78. The van der Waals surface area contributed by atoms with Gasteiger partial charge < -0.3 is 15.7 Å². The zero-order chi connectivity index (χ0) is 15.4. The molecule has 21 heavy (non-hydrogen) atoms. The van der Waals surface area contributed by atoms with Gasteiger partial charge in [-0.1, -0.05) is 18.9 Å². The standard InChI is InChI=1S/C16H22N2O3/c1-10-7-8-12(9-11(10)2)17-15(20)16(21)18-13-5-3-4-6-14(13)19/h7-9,13-14,19H,3-6H2,1-2H3,(H,17,20)(H,18,21). The van der Waals surface area contributed by atoms with Crippen molar-refractivity contribution in [1.29, 1.82) is 0 Å². The number of carbonyl (C=O) groups excluding carboxylic acids is 2. The first-order chi connectivity index (χ1) is 9.97. The highest BCUT2D eigenvalue weighted by Crippen LogP contribution is 2.18. The van der Waals surface area contributed by atoms with E-state index >= 15 is 0 Å². The largest absolute Gasteiger partial charge is 0.391 e. The molecule has 1 aromatic carbocycles. The number of rotatable bonds is 2. The minimum absolute atomic E-state index is 0.322. The van der Waals surface area contributed by atoms with Crippen LogP contribution in [0.1, 0.15) is 36.8 Å². The molecule has 5 nitrogen and oxygen atoms in total. The molecule has 0 spiro atoms. The van der Waals surface area contributed by atoms with Crippen molar-refractivity contribution in [2.45, 2.75) is 51.7 Å². The van der Waals surface area contributed by atoms with Crippen LogP contribution >= 0.6 is 0 Å². The fraction of sp³-hybridized carbons (Fsp3) is 0.500. The number of aliphatic hydroxyl groups excluding tert-OH is 1. The topological polar surface area (TPSA) is 78.4 Å². The third-order valence-electron chi connectivity index (χ3n) is 4.02. The molecule has 1 aliphatic rings. The number of carbonyl (C=O) groups is 2. The monoisotopic (exact) mass is 290 g/mol. The van der Waals surface area contributed by atoms with Gasteiger partial charge in [0.05, 0.1) is 12.1 Å². The second-order valence-corrected chi connectivity index (χ2v) is 5.68. The fourth-order valence-corrected chi connectivity index (χ4v) is 2.52. The maximum Gasteiger partial charge on any atom is 0.313 e. The lowest BCUT2D eigenvalue weighted by Gasteiger charge is -2.27. The second-order valence-electron chi connectivity index (χ2n) is 5.68. The molecule has 1 fully saturated rings. The van der Waals surface area contributed by atoms with Crippen molar-refractivity contribution in [3.05, 3.63) is 29.3 Å². The Morgan fingerprint density at radius 3 is 2.48 bits per heavy atom. The summed E-state index contributed by atoms with van der Waals surface area (Å²) in [7, 11) is 0. The Hall–Kier alpha value is -1.88. The molecule has 2 rings (SSSR count). The minimum atomic E-state index is -0.698. The molecule has 1 saturated carbocycles. The van der Waals surface area contributed by atoms with E-state index in [4.69, 9.17) is 0 Å². The zero-order valence-corrected chi connectivity index (χ0v) is 12.5. The van der Waals surface area contributed by atoms with Gasteiger partial charge in [0.1, 0.15) is 0 Å². The number of aryl methyl sites for hydroxylation is 2. The zero-order valence-electron chi connectivity index (χ0n) is 12.5. The molecule has 0 aliphatic heterocycles. The summed E-state index contributed by atoms with van der Waals surface area (Å²) < 4.78 is 0. The van der Waals surface area contributed by atoms with E-state index in [0.717, 1.165) is 24.0 Å². The van der Waals surface area contributed by atoms with Crippen molar-refractivity contribution < 1.29 is 14.7 Å². The van der Waals surface area contributed by atoms with Gasteiger partial charge in [-0.3, -0.25) is 9.59 Å². The van der Waals surface area contributed by atoms with E-state index in [2.05, 4.69) is 10.6 Å². The van der Waals surface area contributed by atoms with Gasteiger partial charge in [0.15, 0.2) is 0 Å². The Bertz CT molecular complexity index is 542. The number of aliphatic hydroxyl groups is 1. The first-order valence-electron chi connectivity index (χ1n) is 7.34. The van der Waals surface area contributed by atoms with Crippen LogP contribution in [-0.4, -0.2) is 29.1 Å². The van der Waals surface area contributed by atoms with Gasteiger partial charge in [0.25, 0.3) is 0 Å². The first-order valence-corrected chi connectivity index (χ1v) is 7.34. The summed E-state index contributed by atoms with van der Waals surface area (Å²) in [6.45, 7) is 3.93. The van der Waals surface area contributed by atoms with E-state index in [1.165, 1.54) is 0 Å². The predicted molar refractivity (Wildman–Crippen MR) is 81.0 cm³/mol. The van der Waals surface area contributed by atoms with Gasteiger partial charge in [-0.05, 0) is 49.9 Å². The summed E-state index contributed by atoms with van der Waals surface area (Å²) in [4.78, 5) is 23.8. The van der Waals surface area contributed by atoms with E-state index in [-0.39, 0.29) is 6.04 Å². The molecule has 0 saturated heterocycles. The third kappa shape index (κ3) is 4.04. The molecule has 1 aromatic rings. The molecule has 0 bridgehead atoms. The molecule has 2 unspecified atom stereocenters. The van der Waals surface area contributed by atoms with Crippen LogP contribution in [0, 0.1) is 13.8 Å². The SMILES string of the molecule is Cc1ccc(NC(=O)C(=O)NC2CCCCC2O)cc1C. The second kappa shape index (κ2) is 6.72. The highest BCUT2D eigenvalue weighted by atomic mass is 16.3. The van der Waals surface area contributed by atoms with Crippen molar-refractivity contribution in [3.8, 4) is 0 Å². The first kappa shape index (κ1) is 15.5. The summed E-state index contributed by atoms with van der Waals surface area (Å²) in [6, 6.07) is 5.17. The molecule has 2 atom stereocenters. The molecular formula is C16H22N2O3. The van der Waals surface area contributed by atoms with Crippen LogP contribution in [-0.2, 0) is 9.59 Å². The quantitative estimate of drug-likeness (QED) is 0.725. The molecule has 2 amide bonds. The number of hydrogen-bond donors (Lipinski definition) is 3. The number of anilines is 1. The van der Waals surface area contributed by atoms with Crippen molar-refractivity contribution >= 4 is 17.5 Å². The van der Waals surface area contributed by atoms with Crippen LogP contribution in [0.25, 0.3) is 0 Å². The molecule has 0 radical (unpaired) electrons. The van der Waals surface area contributed by atoms with E-state index < -0.39 is 17.9 Å². The van der Waals surface area contributed by atoms with Gasteiger partial charge in [-0.15, -0.1) is 0 Å². The van der Waals surface area contributed by atoms with E-state index in [0.29, 0.717) is 18.5 Å². The van der Waals surface area contributed by atoms with Crippen LogP contribution in [0.3, 0.4) is 0 Å². The van der Waals surface area contributed by atoms with E-state index in [9.17, 15) is 14.7 Å². The lowest BCUT2D eigenvalue weighted by molar-refractivity contribution is -0.137. The van der Waals surface area contributed by atoms with Crippen molar-refractivity contribution in [3.63, 3.8) is 0 Å². The Kier molecular flexibility index (Phi) is 4.96. The number of hydrogen-bond acceptors (Lipinski definition) is 3. The van der Waals surface area contributed by atoms with Crippen molar-refractivity contribution in [2.24, 2.45) is 0 Å². The average Bonchev–Trinajstić information content (AvgIpc) is 2.45. The number of benzene rings is 1. The summed E-state index contributed by atoms with van der Waals surface area (Å²) >= 11 is 0. The molecule has 0 heterocycles. The Morgan fingerprint density at radius 2 is 1.81 bits per heavy atom. The molecule has 0 aromatic heterocycles. The Morgan fingerprint density at radius 1 is 1.10 bits per heavy atom. The van der Waals surface area contributed by atoms with E-state index in [1.807, 2.05) is 26.0 Å². The fourth-order valence-electron chi connectivity index (χ4n) is 2.52.